The highest BCUT2D eigenvalue weighted by atomic mass is 32.1. The number of hydrogen-bond acceptors (Lipinski definition) is 6. The lowest BCUT2D eigenvalue weighted by Crippen LogP contribution is -2.44. The Morgan fingerprint density at radius 1 is 1.35 bits per heavy atom. The number of fused-ring (bicyclic) bond motifs is 2. The predicted octanol–water partition coefficient (Wildman–Crippen LogP) is 0.967. The summed E-state index contributed by atoms with van der Waals surface area (Å²) in [5.41, 5.74) is 6.02. The van der Waals surface area contributed by atoms with E-state index in [9.17, 15) is 24.3 Å². The highest BCUT2D eigenvalue weighted by molar-refractivity contribution is 7.17. The van der Waals surface area contributed by atoms with E-state index >= 15 is 0 Å². The number of primary amides is 1. The molecule has 0 bridgehead atoms. The number of amides is 3. The van der Waals surface area contributed by atoms with E-state index in [2.05, 4.69) is 15.6 Å². The van der Waals surface area contributed by atoms with E-state index in [0.717, 1.165) is 15.6 Å². The lowest BCUT2D eigenvalue weighted by Gasteiger charge is -2.24. The van der Waals surface area contributed by atoms with Gasteiger partial charge in [0.15, 0.2) is 5.69 Å². The van der Waals surface area contributed by atoms with E-state index in [0.29, 0.717) is 0 Å². The number of aromatic nitrogens is 2. The second kappa shape index (κ2) is 8.19. The Balaban J connectivity index is 1.43. The molecule has 10 nitrogen and oxygen atoms in total. The van der Waals surface area contributed by atoms with Gasteiger partial charge in [0.25, 0.3) is 5.91 Å². The molecule has 0 spiro atoms. The van der Waals surface area contributed by atoms with Crippen LogP contribution in [0.5, 0.6) is 0 Å². The van der Waals surface area contributed by atoms with Crippen molar-refractivity contribution in [1.82, 2.24) is 14.9 Å². The summed E-state index contributed by atoms with van der Waals surface area (Å²) < 4.78 is 2.57. The maximum atomic E-state index is 12.5. The fourth-order valence-electron chi connectivity index (χ4n) is 3.62. The fraction of sp³-hybridized carbons (Fsp3) is 0.250. The van der Waals surface area contributed by atoms with Crippen molar-refractivity contribution in [2.75, 3.05) is 5.32 Å². The van der Waals surface area contributed by atoms with Crippen LogP contribution in [0.1, 0.15) is 22.5 Å². The highest BCUT2D eigenvalue weighted by Crippen LogP contribution is 2.27. The number of anilines is 1. The summed E-state index contributed by atoms with van der Waals surface area (Å²) in [6, 6.07) is 6.53. The maximum Gasteiger partial charge on any atom is 0.326 e. The van der Waals surface area contributed by atoms with Crippen molar-refractivity contribution < 1.29 is 24.3 Å². The Kier molecular flexibility index (Phi) is 5.42. The summed E-state index contributed by atoms with van der Waals surface area (Å²) in [6.07, 6.45) is 1.29. The Labute approximate surface area is 180 Å². The Bertz CT molecular complexity index is 1200. The molecule has 0 aliphatic carbocycles. The Morgan fingerprint density at radius 3 is 2.87 bits per heavy atom. The SMILES string of the molecule is NC(=O)c1ncn2c1NC(=O)C(CC(=O)NC(Cc1csc3ccccc13)C(=O)O)C2. The van der Waals surface area contributed by atoms with Crippen LogP contribution in [0.2, 0.25) is 0 Å². The van der Waals surface area contributed by atoms with E-state index in [1.807, 2.05) is 29.6 Å². The minimum Gasteiger partial charge on any atom is -0.480 e. The number of carbonyl (C=O) groups is 4. The molecule has 3 amide bonds. The van der Waals surface area contributed by atoms with Gasteiger partial charge in [-0.05, 0) is 22.4 Å². The lowest BCUT2D eigenvalue weighted by molar-refractivity contribution is -0.142. The Morgan fingerprint density at radius 2 is 2.13 bits per heavy atom. The minimum atomic E-state index is -1.15. The average molecular weight is 441 g/mol. The van der Waals surface area contributed by atoms with E-state index in [1.165, 1.54) is 22.2 Å². The largest absolute Gasteiger partial charge is 0.480 e. The first-order chi connectivity index (χ1) is 14.8. The highest BCUT2D eigenvalue weighted by Gasteiger charge is 2.32. The zero-order chi connectivity index (χ0) is 22.1. The number of nitrogens with zero attached hydrogens (tertiary/aromatic N) is 2. The van der Waals surface area contributed by atoms with Crippen LogP contribution in [0.15, 0.2) is 36.0 Å². The molecule has 2 unspecified atom stereocenters. The average Bonchev–Trinajstić information content (AvgIpc) is 3.32. The van der Waals surface area contributed by atoms with E-state index in [4.69, 9.17) is 5.73 Å². The van der Waals surface area contributed by atoms with Crippen molar-refractivity contribution in [3.05, 3.63) is 47.2 Å². The molecule has 3 aromatic rings. The number of nitrogens with one attached hydrogen (secondary N) is 2. The molecule has 4 rings (SSSR count). The van der Waals surface area contributed by atoms with Gasteiger partial charge in [0.2, 0.25) is 11.8 Å². The van der Waals surface area contributed by atoms with Crippen molar-refractivity contribution >= 4 is 50.9 Å². The quantitative estimate of drug-likeness (QED) is 0.428. The molecule has 31 heavy (non-hydrogen) atoms. The molecule has 160 valence electrons. The molecule has 1 aliphatic rings. The van der Waals surface area contributed by atoms with Gasteiger partial charge >= 0.3 is 5.97 Å². The predicted molar refractivity (Wildman–Crippen MR) is 113 cm³/mol. The first-order valence-electron chi connectivity index (χ1n) is 9.46. The van der Waals surface area contributed by atoms with Crippen molar-refractivity contribution in [3.63, 3.8) is 0 Å². The monoisotopic (exact) mass is 441 g/mol. The fourth-order valence-corrected chi connectivity index (χ4v) is 4.59. The zero-order valence-electron chi connectivity index (χ0n) is 16.2. The van der Waals surface area contributed by atoms with Crippen LogP contribution in [0, 0.1) is 5.92 Å². The summed E-state index contributed by atoms with van der Waals surface area (Å²) in [6.45, 7) is 0.127. The number of carboxylic acid groups (broad SMARTS) is 1. The number of nitrogens with two attached hydrogens (primary N) is 1. The standard InChI is InChI=1S/C20H19N5O5S/c21-17(27)16-18-24-19(28)10(7-25(18)9-22-16)6-15(26)23-13(20(29)30)5-11-8-31-14-4-2-1-3-12(11)14/h1-4,8-10,13H,5-7H2,(H2,21,27)(H,23,26)(H,24,28)(H,29,30). The number of imidazole rings is 1. The second-order valence-electron chi connectivity index (χ2n) is 7.27. The van der Waals surface area contributed by atoms with Crippen molar-refractivity contribution in [2.24, 2.45) is 11.7 Å². The van der Waals surface area contributed by atoms with Crippen LogP contribution < -0.4 is 16.4 Å². The van der Waals surface area contributed by atoms with Gasteiger partial charge in [0.05, 0.1) is 12.2 Å². The summed E-state index contributed by atoms with van der Waals surface area (Å²) in [5.74, 6) is -3.47. The molecular formula is C20H19N5O5S. The number of rotatable bonds is 7. The van der Waals surface area contributed by atoms with E-state index in [-0.39, 0.29) is 30.9 Å². The second-order valence-corrected chi connectivity index (χ2v) is 8.18. The molecule has 0 fully saturated rings. The molecule has 0 saturated carbocycles. The smallest absolute Gasteiger partial charge is 0.326 e. The third-order valence-corrected chi connectivity index (χ3v) is 6.16. The van der Waals surface area contributed by atoms with E-state index in [1.54, 1.807) is 0 Å². The van der Waals surface area contributed by atoms with Crippen LogP contribution in [-0.2, 0) is 27.3 Å². The lowest BCUT2D eigenvalue weighted by atomic mass is 10.0. The summed E-state index contributed by atoms with van der Waals surface area (Å²) in [4.78, 5) is 51.9. The molecule has 1 aliphatic heterocycles. The van der Waals surface area contributed by atoms with E-state index < -0.39 is 35.7 Å². The topological polar surface area (TPSA) is 156 Å². The minimum absolute atomic E-state index is 0.0508. The van der Waals surface area contributed by atoms with Crippen molar-refractivity contribution in [1.29, 1.82) is 0 Å². The van der Waals surface area contributed by atoms with Crippen molar-refractivity contribution in [2.45, 2.75) is 25.4 Å². The van der Waals surface area contributed by atoms with Crippen LogP contribution in [0.25, 0.3) is 10.1 Å². The first kappa shape index (κ1) is 20.5. The third-order valence-electron chi connectivity index (χ3n) is 5.15. The first-order valence-corrected chi connectivity index (χ1v) is 10.3. The van der Waals surface area contributed by atoms with Crippen LogP contribution in [-0.4, -0.2) is 44.4 Å². The van der Waals surface area contributed by atoms with Gasteiger partial charge in [-0.1, -0.05) is 18.2 Å². The van der Waals surface area contributed by atoms with Gasteiger partial charge in [-0.3, -0.25) is 14.4 Å². The van der Waals surface area contributed by atoms with Crippen LogP contribution in [0.4, 0.5) is 5.82 Å². The van der Waals surface area contributed by atoms with Crippen LogP contribution in [0.3, 0.4) is 0 Å². The van der Waals surface area contributed by atoms with Crippen LogP contribution >= 0.6 is 11.3 Å². The number of aliphatic carboxylic acids is 1. The number of thiophene rings is 1. The molecule has 2 aromatic heterocycles. The number of carboxylic acids is 1. The summed E-state index contributed by atoms with van der Waals surface area (Å²) in [5, 5.41) is 17.5. The molecular weight excluding hydrogens is 422 g/mol. The van der Waals surface area contributed by atoms with Gasteiger partial charge < -0.3 is 26.0 Å². The number of carbonyl (C=O) groups excluding carboxylic acids is 3. The molecule has 3 heterocycles. The van der Waals surface area contributed by atoms with Gasteiger partial charge in [-0.25, -0.2) is 9.78 Å². The zero-order valence-corrected chi connectivity index (χ0v) is 17.0. The maximum absolute atomic E-state index is 12.5. The van der Waals surface area contributed by atoms with Gasteiger partial charge in [0, 0.05) is 24.1 Å². The summed E-state index contributed by atoms with van der Waals surface area (Å²) >= 11 is 1.51. The molecule has 0 saturated heterocycles. The molecule has 0 radical (unpaired) electrons. The van der Waals surface area contributed by atoms with Gasteiger partial charge in [0.1, 0.15) is 11.9 Å². The summed E-state index contributed by atoms with van der Waals surface area (Å²) in [7, 11) is 0. The molecule has 11 heteroatoms. The van der Waals surface area contributed by atoms with Gasteiger partial charge in [-0.2, -0.15) is 0 Å². The number of hydrogen-bond donors (Lipinski definition) is 4. The molecule has 5 N–H and O–H groups in total. The third kappa shape index (κ3) is 4.12. The van der Waals surface area contributed by atoms with Gasteiger partial charge in [-0.15, -0.1) is 11.3 Å². The molecule has 1 aromatic carbocycles. The van der Waals surface area contributed by atoms with Crippen molar-refractivity contribution in [3.8, 4) is 0 Å². The number of benzene rings is 1. The Hall–Kier alpha value is -3.73. The normalized spacial score (nSPS) is 16.4. The molecule has 2 atom stereocenters.